The van der Waals surface area contributed by atoms with E-state index in [1.165, 1.54) is 22.0 Å². The lowest BCUT2D eigenvalue weighted by atomic mass is 9.87. The maximum Gasteiger partial charge on any atom is 0.237 e. The first kappa shape index (κ1) is 21.2. The van der Waals surface area contributed by atoms with Gasteiger partial charge in [-0.15, -0.1) is 10.2 Å². The van der Waals surface area contributed by atoms with Gasteiger partial charge in [-0.3, -0.25) is 4.79 Å². The highest BCUT2D eigenvalue weighted by molar-refractivity contribution is 8.00. The SMILES string of the molecule is C[C@H](Sc1nnc(-c2ccc(C(C)(C)C)cc2)n1N)C(=O)Nc1cccc(Cl)c1. The maximum atomic E-state index is 12.5. The largest absolute Gasteiger partial charge is 0.335 e. The Morgan fingerprint density at radius 3 is 2.48 bits per heavy atom. The number of aromatic nitrogens is 3. The number of thioether (sulfide) groups is 1. The summed E-state index contributed by atoms with van der Waals surface area (Å²) in [5.41, 5.74) is 2.81. The van der Waals surface area contributed by atoms with E-state index in [0.717, 1.165) is 5.56 Å². The number of hydrogen-bond acceptors (Lipinski definition) is 5. The van der Waals surface area contributed by atoms with Crippen LogP contribution in [0.2, 0.25) is 5.02 Å². The monoisotopic (exact) mass is 429 g/mol. The topological polar surface area (TPSA) is 85.8 Å². The molecule has 0 saturated heterocycles. The van der Waals surface area contributed by atoms with Gasteiger partial charge in [0.1, 0.15) is 0 Å². The number of hydrogen-bond donors (Lipinski definition) is 2. The number of nitrogen functional groups attached to an aromatic ring is 1. The molecule has 8 heteroatoms. The summed E-state index contributed by atoms with van der Waals surface area (Å²) in [7, 11) is 0. The van der Waals surface area contributed by atoms with Crippen LogP contribution < -0.4 is 11.2 Å². The van der Waals surface area contributed by atoms with Gasteiger partial charge in [0.25, 0.3) is 0 Å². The third kappa shape index (κ3) is 5.10. The van der Waals surface area contributed by atoms with E-state index in [4.69, 9.17) is 17.4 Å². The molecule has 0 radical (unpaired) electrons. The van der Waals surface area contributed by atoms with Gasteiger partial charge in [-0.05, 0) is 36.1 Å². The van der Waals surface area contributed by atoms with Crippen molar-refractivity contribution in [2.24, 2.45) is 0 Å². The molecule has 1 amide bonds. The summed E-state index contributed by atoms with van der Waals surface area (Å²) < 4.78 is 1.42. The van der Waals surface area contributed by atoms with Crippen LogP contribution in [0, 0.1) is 0 Å². The second-order valence-electron chi connectivity index (χ2n) is 7.76. The van der Waals surface area contributed by atoms with Crippen LogP contribution in [0.4, 0.5) is 5.69 Å². The molecule has 0 aliphatic heterocycles. The van der Waals surface area contributed by atoms with Crippen LogP contribution in [0.1, 0.15) is 33.3 Å². The van der Waals surface area contributed by atoms with Gasteiger partial charge >= 0.3 is 0 Å². The molecule has 3 aromatic rings. The molecule has 2 aromatic carbocycles. The molecule has 0 fully saturated rings. The number of halogens is 1. The number of carbonyl (C=O) groups excluding carboxylic acids is 1. The van der Waals surface area contributed by atoms with E-state index < -0.39 is 5.25 Å². The zero-order chi connectivity index (χ0) is 21.2. The Labute approximate surface area is 179 Å². The van der Waals surface area contributed by atoms with E-state index >= 15 is 0 Å². The van der Waals surface area contributed by atoms with Gasteiger partial charge in [-0.2, -0.15) is 0 Å². The Bertz CT molecular complexity index is 1010. The van der Waals surface area contributed by atoms with Gasteiger partial charge in [0.05, 0.1) is 5.25 Å². The van der Waals surface area contributed by atoms with Crippen molar-refractivity contribution >= 4 is 35.0 Å². The van der Waals surface area contributed by atoms with Gasteiger partial charge in [0.15, 0.2) is 5.82 Å². The average molecular weight is 430 g/mol. The number of carbonyl (C=O) groups is 1. The molecule has 29 heavy (non-hydrogen) atoms. The zero-order valence-corrected chi connectivity index (χ0v) is 18.4. The first-order valence-electron chi connectivity index (χ1n) is 9.19. The number of rotatable bonds is 5. The minimum Gasteiger partial charge on any atom is -0.335 e. The van der Waals surface area contributed by atoms with Crippen molar-refractivity contribution in [3.05, 3.63) is 59.1 Å². The first-order valence-corrected chi connectivity index (χ1v) is 10.5. The minimum atomic E-state index is -0.420. The van der Waals surface area contributed by atoms with Gasteiger partial charge in [0.2, 0.25) is 11.1 Å². The summed E-state index contributed by atoms with van der Waals surface area (Å²) in [6.07, 6.45) is 0. The molecule has 0 bridgehead atoms. The molecule has 0 unspecified atom stereocenters. The van der Waals surface area contributed by atoms with E-state index in [1.807, 2.05) is 12.1 Å². The van der Waals surface area contributed by atoms with Crippen molar-refractivity contribution < 1.29 is 4.79 Å². The molecule has 0 aliphatic carbocycles. The van der Waals surface area contributed by atoms with Crippen molar-refractivity contribution in [3.63, 3.8) is 0 Å². The third-order valence-electron chi connectivity index (χ3n) is 4.42. The van der Waals surface area contributed by atoms with Gasteiger partial charge in [-0.1, -0.05) is 74.5 Å². The number of nitrogens with two attached hydrogens (primary N) is 1. The molecule has 1 heterocycles. The van der Waals surface area contributed by atoms with Crippen LogP contribution in [0.15, 0.2) is 53.7 Å². The van der Waals surface area contributed by atoms with Gasteiger partial charge in [-0.25, -0.2) is 4.68 Å². The number of amides is 1. The highest BCUT2D eigenvalue weighted by atomic mass is 35.5. The van der Waals surface area contributed by atoms with Gasteiger partial charge < -0.3 is 11.2 Å². The van der Waals surface area contributed by atoms with Crippen molar-refractivity contribution in [1.82, 2.24) is 14.9 Å². The highest BCUT2D eigenvalue weighted by Gasteiger charge is 2.21. The Morgan fingerprint density at radius 2 is 1.86 bits per heavy atom. The third-order valence-corrected chi connectivity index (χ3v) is 5.71. The highest BCUT2D eigenvalue weighted by Crippen LogP contribution is 2.28. The van der Waals surface area contributed by atoms with Crippen molar-refractivity contribution in [3.8, 4) is 11.4 Å². The second-order valence-corrected chi connectivity index (χ2v) is 9.51. The van der Waals surface area contributed by atoms with E-state index in [1.54, 1.807) is 31.2 Å². The summed E-state index contributed by atoms with van der Waals surface area (Å²) in [4.78, 5) is 12.5. The smallest absolute Gasteiger partial charge is 0.237 e. The van der Waals surface area contributed by atoms with Crippen LogP contribution in [0.3, 0.4) is 0 Å². The molecule has 0 spiro atoms. The van der Waals surface area contributed by atoms with E-state index in [2.05, 4.69) is 48.4 Å². The first-order chi connectivity index (χ1) is 13.6. The average Bonchev–Trinajstić information content (AvgIpc) is 3.01. The number of anilines is 1. The van der Waals surface area contributed by atoms with E-state index in [0.29, 0.717) is 21.7 Å². The van der Waals surface area contributed by atoms with Crippen molar-refractivity contribution in [2.75, 3.05) is 11.2 Å². The molecule has 0 aliphatic rings. The van der Waals surface area contributed by atoms with E-state index in [9.17, 15) is 4.79 Å². The number of nitrogens with one attached hydrogen (secondary N) is 1. The predicted octanol–water partition coefficient (Wildman–Crippen LogP) is 4.73. The maximum absolute atomic E-state index is 12.5. The van der Waals surface area contributed by atoms with Crippen LogP contribution in [-0.4, -0.2) is 26.0 Å². The van der Waals surface area contributed by atoms with E-state index in [-0.39, 0.29) is 11.3 Å². The Balaban J connectivity index is 1.71. The number of benzene rings is 2. The summed E-state index contributed by atoms with van der Waals surface area (Å²) in [5, 5.41) is 11.8. The second kappa shape index (κ2) is 8.47. The van der Waals surface area contributed by atoms with Crippen LogP contribution in [0.5, 0.6) is 0 Å². The summed E-state index contributed by atoms with van der Waals surface area (Å²) in [5.74, 6) is 6.58. The fourth-order valence-electron chi connectivity index (χ4n) is 2.70. The van der Waals surface area contributed by atoms with Crippen LogP contribution in [-0.2, 0) is 10.2 Å². The summed E-state index contributed by atoms with van der Waals surface area (Å²) >= 11 is 7.20. The Morgan fingerprint density at radius 1 is 1.17 bits per heavy atom. The minimum absolute atomic E-state index is 0.0711. The molecule has 1 aromatic heterocycles. The lowest BCUT2D eigenvalue weighted by Crippen LogP contribution is -2.23. The molecule has 1 atom stereocenters. The quantitative estimate of drug-likeness (QED) is 0.452. The standard InChI is InChI=1S/C21H24ClN5OS/c1-13(19(28)24-17-7-5-6-16(22)12-17)29-20-26-25-18(27(20)23)14-8-10-15(11-9-14)21(2,3)4/h5-13H,23H2,1-4H3,(H,24,28)/t13-/m0/s1. The Hall–Kier alpha value is -2.51. The van der Waals surface area contributed by atoms with Crippen LogP contribution in [0.25, 0.3) is 11.4 Å². The number of nitrogens with zero attached hydrogens (tertiary/aromatic N) is 3. The van der Waals surface area contributed by atoms with Crippen molar-refractivity contribution in [1.29, 1.82) is 0 Å². The zero-order valence-electron chi connectivity index (χ0n) is 16.8. The molecule has 0 saturated carbocycles. The molecular weight excluding hydrogens is 406 g/mol. The van der Waals surface area contributed by atoms with Crippen molar-refractivity contribution in [2.45, 2.75) is 43.5 Å². The molecule has 3 rings (SSSR count). The Kier molecular flexibility index (Phi) is 6.19. The van der Waals surface area contributed by atoms with Crippen LogP contribution >= 0.6 is 23.4 Å². The lowest BCUT2D eigenvalue weighted by Gasteiger charge is -2.19. The molecular formula is C21H24ClN5OS. The normalized spacial score (nSPS) is 12.6. The summed E-state index contributed by atoms with van der Waals surface area (Å²) in [6.45, 7) is 8.28. The summed E-state index contributed by atoms with van der Waals surface area (Å²) in [6, 6.07) is 15.1. The fourth-order valence-corrected chi connectivity index (χ4v) is 3.66. The molecule has 6 nitrogen and oxygen atoms in total. The fraction of sp³-hybridized carbons (Fsp3) is 0.286. The lowest BCUT2D eigenvalue weighted by molar-refractivity contribution is -0.115. The van der Waals surface area contributed by atoms with Gasteiger partial charge in [0, 0.05) is 16.3 Å². The molecule has 3 N–H and O–H groups in total. The predicted molar refractivity (Wildman–Crippen MR) is 120 cm³/mol. The molecule has 152 valence electrons.